The molecule has 5 nitrogen and oxygen atoms in total. The van der Waals surface area contributed by atoms with E-state index in [1.54, 1.807) is 19.3 Å². The number of likely N-dealkylation sites (N-methyl/N-ethyl adjacent to an activating group) is 1. The third kappa shape index (κ3) is 4.20. The normalized spacial score (nSPS) is 14.7. The zero-order chi connectivity index (χ0) is 17.0. The zero-order valence-corrected chi connectivity index (χ0v) is 15.6. The van der Waals surface area contributed by atoms with Gasteiger partial charge in [0.15, 0.2) is 0 Å². The van der Waals surface area contributed by atoms with Crippen LogP contribution >= 0.6 is 15.9 Å². The number of nitrogens with zero attached hydrogens (tertiary/aromatic N) is 3. The van der Waals surface area contributed by atoms with Crippen LogP contribution < -0.4 is 10.9 Å². The molecule has 0 aliphatic carbocycles. The molecule has 0 amide bonds. The summed E-state index contributed by atoms with van der Waals surface area (Å²) >= 11 is 3.39. The van der Waals surface area contributed by atoms with Crippen molar-refractivity contribution in [1.29, 1.82) is 0 Å². The van der Waals surface area contributed by atoms with E-state index in [4.69, 9.17) is 0 Å². The van der Waals surface area contributed by atoms with Crippen molar-refractivity contribution in [3.05, 3.63) is 51.0 Å². The van der Waals surface area contributed by atoms with Gasteiger partial charge in [-0.2, -0.15) is 0 Å². The van der Waals surface area contributed by atoms with Gasteiger partial charge in [0.05, 0.1) is 0 Å². The van der Waals surface area contributed by atoms with E-state index in [1.807, 2.05) is 26.1 Å². The topological polar surface area (TPSA) is 50.2 Å². The van der Waals surface area contributed by atoms with Crippen LogP contribution in [0.25, 0.3) is 0 Å². The van der Waals surface area contributed by atoms with Crippen LogP contribution in [0.1, 0.15) is 25.3 Å². The third-order valence-electron chi connectivity index (χ3n) is 3.73. The minimum absolute atomic E-state index is 0.0790. The van der Waals surface area contributed by atoms with Crippen molar-refractivity contribution in [2.45, 2.75) is 19.8 Å². The van der Waals surface area contributed by atoms with Crippen LogP contribution in [0.4, 0.5) is 11.5 Å². The van der Waals surface area contributed by atoms with Gasteiger partial charge in [-0.3, -0.25) is 4.79 Å². The second-order valence-corrected chi connectivity index (χ2v) is 6.42. The van der Waals surface area contributed by atoms with Gasteiger partial charge in [0.25, 0.3) is 5.56 Å². The van der Waals surface area contributed by atoms with Crippen molar-refractivity contribution in [3.8, 4) is 0 Å². The highest BCUT2D eigenvalue weighted by Gasteiger charge is 2.24. The number of aryl methyl sites for hydroxylation is 1. The maximum absolute atomic E-state index is 12.0. The first-order valence-corrected chi connectivity index (χ1v) is 8.60. The van der Waals surface area contributed by atoms with E-state index < -0.39 is 0 Å². The smallest absolute Gasteiger partial charge is 0.274 e. The molecule has 1 N–H and O–H groups in total. The van der Waals surface area contributed by atoms with Gasteiger partial charge >= 0.3 is 0 Å². The van der Waals surface area contributed by atoms with Crippen molar-refractivity contribution in [3.63, 3.8) is 0 Å². The summed E-state index contributed by atoms with van der Waals surface area (Å²) in [6, 6.07) is 5.77. The second kappa shape index (κ2) is 7.75. The molecule has 1 saturated heterocycles. The fourth-order valence-electron chi connectivity index (χ4n) is 2.53. The van der Waals surface area contributed by atoms with E-state index in [0.29, 0.717) is 17.4 Å². The first-order valence-electron chi connectivity index (χ1n) is 7.80. The largest absolute Gasteiger partial charge is 0.336 e. The summed E-state index contributed by atoms with van der Waals surface area (Å²) in [5, 5.41) is 3.08. The molecule has 0 aromatic carbocycles. The number of aromatic nitrogens is 2. The Morgan fingerprint density at radius 3 is 2.52 bits per heavy atom. The van der Waals surface area contributed by atoms with Gasteiger partial charge in [-0.05, 0) is 40.7 Å². The molecule has 0 radical (unpaired) electrons. The molecule has 1 aliphatic rings. The van der Waals surface area contributed by atoms with E-state index in [2.05, 4.69) is 44.2 Å². The van der Waals surface area contributed by atoms with E-state index in [-0.39, 0.29) is 5.56 Å². The van der Waals surface area contributed by atoms with Gasteiger partial charge in [0.2, 0.25) is 0 Å². The molecule has 1 fully saturated rings. The Hall–Kier alpha value is -1.66. The number of halogens is 1. The zero-order valence-electron chi connectivity index (χ0n) is 14.0. The number of hydrogen-bond acceptors (Lipinski definition) is 4. The Morgan fingerprint density at radius 2 is 1.96 bits per heavy atom. The monoisotopic (exact) mass is 378 g/mol. The Labute approximate surface area is 145 Å². The number of anilines is 2. The maximum atomic E-state index is 12.0. The first kappa shape index (κ1) is 17.7. The molecule has 0 bridgehead atoms. The summed E-state index contributed by atoms with van der Waals surface area (Å²) in [4.78, 5) is 18.7. The van der Waals surface area contributed by atoms with Gasteiger partial charge < -0.3 is 14.8 Å². The lowest BCUT2D eigenvalue weighted by molar-refractivity contribution is 0.189. The van der Waals surface area contributed by atoms with Crippen molar-refractivity contribution in [2.24, 2.45) is 7.05 Å². The van der Waals surface area contributed by atoms with Crippen LogP contribution in [0, 0.1) is 0 Å². The number of hydrogen-bond donors (Lipinski definition) is 1. The molecule has 23 heavy (non-hydrogen) atoms. The standard InChI is InChI=1S/C15H17BrN4O.C2H6/c1-19-7-11(8-19)10-3-4-14(17-6-10)18-13-5-12(16)9-20(2)15(13)21;1-2/h3-6,9,11H,7-8H2,1-2H3,(H,17,18);1-2H3. The van der Waals surface area contributed by atoms with Crippen LogP contribution in [0.5, 0.6) is 0 Å². The predicted molar refractivity (Wildman–Crippen MR) is 98.5 cm³/mol. The molecule has 3 rings (SSSR count). The Kier molecular flexibility index (Phi) is 5.96. The molecule has 124 valence electrons. The SMILES string of the molecule is CC.CN1CC(c2ccc(Nc3cc(Br)cn(C)c3=O)nc2)C1. The van der Waals surface area contributed by atoms with Crippen LogP contribution in [0.3, 0.4) is 0 Å². The molecule has 0 saturated carbocycles. The number of likely N-dealkylation sites (tertiary alicyclic amines) is 1. The molecule has 2 aromatic rings. The van der Waals surface area contributed by atoms with Crippen molar-refractivity contribution in [2.75, 3.05) is 25.5 Å². The van der Waals surface area contributed by atoms with Crippen LogP contribution in [-0.2, 0) is 7.05 Å². The highest BCUT2D eigenvalue weighted by molar-refractivity contribution is 9.10. The first-order chi connectivity index (χ1) is 11.0. The van der Waals surface area contributed by atoms with E-state index in [0.717, 1.165) is 17.6 Å². The summed E-state index contributed by atoms with van der Waals surface area (Å²) in [5.74, 6) is 1.26. The van der Waals surface area contributed by atoms with Gasteiger partial charge in [-0.25, -0.2) is 4.98 Å². The number of nitrogens with one attached hydrogen (secondary N) is 1. The maximum Gasteiger partial charge on any atom is 0.274 e. The third-order valence-corrected chi connectivity index (χ3v) is 4.17. The quantitative estimate of drug-likeness (QED) is 0.889. The average molecular weight is 379 g/mol. The van der Waals surface area contributed by atoms with Gasteiger partial charge in [0.1, 0.15) is 11.5 Å². The molecular weight excluding hydrogens is 356 g/mol. The van der Waals surface area contributed by atoms with E-state index in [1.165, 1.54) is 10.1 Å². The minimum atomic E-state index is -0.0790. The van der Waals surface area contributed by atoms with Crippen molar-refractivity contribution in [1.82, 2.24) is 14.5 Å². The molecule has 1 aliphatic heterocycles. The van der Waals surface area contributed by atoms with E-state index in [9.17, 15) is 4.79 Å². The lowest BCUT2D eigenvalue weighted by Crippen LogP contribution is -2.41. The van der Waals surface area contributed by atoms with Gasteiger partial charge in [0, 0.05) is 42.9 Å². The van der Waals surface area contributed by atoms with Crippen LogP contribution in [0.15, 0.2) is 39.9 Å². The summed E-state index contributed by atoms with van der Waals surface area (Å²) in [5.41, 5.74) is 1.68. The highest BCUT2D eigenvalue weighted by atomic mass is 79.9. The lowest BCUT2D eigenvalue weighted by atomic mass is 9.93. The predicted octanol–water partition coefficient (Wildman–Crippen LogP) is 3.34. The molecule has 0 unspecified atom stereocenters. The Morgan fingerprint density at radius 1 is 1.26 bits per heavy atom. The number of rotatable bonds is 3. The van der Waals surface area contributed by atoms with Crippen LogP contribution in [-0.4, -0.2) is 34.6 Å². The Balaban J connectivity index is 0.000000924. The Bertz CT molecular complexity index is 706. The average Bonchev–Trinajstić information content (AvgIpc) is 2.52. The van der Waals surface area contributed by atoms with Gasteiger partial charge in [-0.15, -0.1) is 0 Å². The van der Waals surface area contributed by atoms with Crippen molar-refractivity contribution < 1.29 is 0 Å². The fourth-order valence-corrected chi connectivity index (χ4v) is 3.06. The molecule has 0 spiro atoms. The van der Waals surface area contributed by atoms with Gasteiger partial charge in [-0.1, -0.05) is 19.9 Å². The summed E-state index contributed by atoms with van der Waals surface area (Å²) in [6.45, 7) is 6.17. The minimum Gasteiger partial charge on any atom is -0.336 e. The molecule has 0 atom stereocenters. The summed E-state index contributed by atoms with van der Waals surface area (Å²) in [6.07, 6.45) is 3.62. The lowest BCUT2D eigenvalue weighted by Gasteiger charge is -2.36. The number of pyridine rings is 2. The molecule has 3 heterocycles. The van der Waals surface area contributed by atoms with E-state index >= 15 is 0 Å². The summed E-state index contributed by atoms with van der Waals surface area (Å²) < 4.78 is 2.38. The second-order valence-electron chi connectivity index (χ2n) is 5.51. The highest BCUT2D eigenvalue weighted by Crippen LogP contribution is 2.25. The van der Waals surface area contributed by atoms with Crippen LogP contribution in [0.2, 0.25) is 0 Å². The molecule has 6 heteroatoms. The molecular formula is C17H23BrN4O. The fraction of sp³-hybridized carbons (Fsp3) is 0.412. The molecule has 2 aromatic heterocycles. The van der Waals surface area contributed by atoms with Crippen molar-refractivity contribution >= 4 is 27.4 Å². The summed E-state index contributed by atoms with van der Waals surface area (Å²) in [7, 11) is 3.84.